The third kappa shape index (κ3) is 7.73. The topological polar surface area (TPSA) is 29.5 Å². The van der Waals surface area contributed by atoms with Gasteiger partial charge in [-0.05, 0) is 7.05 Å². The highest BCUT2D eigenvalue weighted by atomic mass is 19.4. The monoisotopic (exact) mass is 199 g/mol. The second kappa shape index (κ2) is 5.18. The number of alkyl halides is 3. The van der Waals surface area contributed by atoms with E-state index >= 15 is 0 Å². The van der Waals surface area contributed by atoms with Gasteiger partial charge in [0, 0.05) is 7.11 Å². The maximum atomic E-state index is 11.8. The van der Waals surface area contributed by atoms with Gasteiger partial charge in [0.05, 0.1) is 13.1 Å². The van der Waals surface area contributed by atoms with E-state index in [0.29, 0.717) is 0 Å². The molecule has 0 heterocycles. The lowest BCUT2D eigenvalue weighted by Gasteiger charge is -2.17. The highest BCUT2D eigenvalue weighted by molar-refractivity contribution is 5.81. The van der Waals surface area contributed by atoms with Crippen molar-refractivity contribution in [3.05, 3.63) is 0 Å². The van der Waals surface area contributed by atoms with E-state index in [-0.39, 0.29) is 18.9 Å². The molecule has 0 aliphatic rings. The number of likely N-dealkylation sites (N-methyl/N-ethyl adjacent to an activating group) is 1. The molecule has 13 heavy (non-hydrogen) atoms. The minimum atomic E-state index is -4.26. The fraction of sp³-hybridized carbons (Fsp3) is 0.857. The molecule has 0 unspecified atom stereocenters. The Balaban J connectivity index is 3.74. The van der Waals surface area contributed by atoms with Crippen molar-refractivity contribution >= 4 is 5.78 Å². The van der Waals surface area contributed by atoms with E-state index in [0.717, 1.165) is 4.90 Å². The number of hydrogen-bond donors (Lipinski definition) is 0. The molecule has 0 aromatic rings. The van der Waals surface area contributed by atoms with Crippen LogP contribution in [0.1, 0.15) is 0 Å². The van der Waals surface area contributed by atoms with E-state index in [4.69, 9.17) is 0 Å². The van der Waals surface area contributed by atoms with Crippen LogP contribution in [0.5, 0.6) is 0 Å². The van der Waals surface area contributed by atoms with Crippen LogP contribution in [0.4, 0.5) is 13.2 Å². The summed E-state index contributed by atoms with van der Waals surface area (Å²) in [6.07, 6.45) is -4.26. The number of halogens is 3. The van der Waals surface area contributed by atoms with Crippen molar-refractivity contribution in [3.8, 4) is 0 Å². The first kappa shape index (κ1) is 12.4. The van der Waals surface area contributed by atoms with Gasteiger partial charge in [0.1, 0.15) is 6.61 Å². The zero-order chi connectivity index (χ0) is 10.5. The molecule has 0 rings (SSSR count). The Hall–Kier alpha value is -0.620. The van der Waals surface area contributed by atoms with Gasteiger partial charge >= 0.3 is 6.18 Å². The van der Waals surface area contributed by atoms with E-state index in [9.17, 15) is 18.0 Å². The molecular weight excluding hydrogens is 187 g/mol. The summed E-state index contributed by atoms with van der Waals surface area (Å²) in [5.74, 6) is -0.366. The van der Waals surface area contributed by atoms with Gasteiger partial charge in [-0.2, -0.15) is 13.2 Å². The minimum Gasteiger partial charge on any atom is -0.377 e. The molecule has 0 aromatic carbocycles. The fourth-order valence-corrected chi connectivity index (χ4v) is 0.870. The Labute approximate surface area is 74.5 Å². The highest BCUT2D eigenvalue weighted by Gasteiger charge is 2.29. The first-order valence-electron chi connectivity index (χ1n) is 3.61. The highest BCUT2D eigenvalue weighted by Crippen LogP contribution is 2.15. The number of nitrogens with zero attached hydrogens (tertiary/aromatic N) is 1. The Bertz CT molecular complexity index is 170. The molecule has 0 bridgehead atoms. The van der Waals surface area contributed by atoms with Gasteiger partial charge in [-0.15, -0.1) is 0 Å². The standard InChI is InChI=1S/C7H12F3NO2/c1-11(5-7(8,9)10)3-6(12)4-13-2/h3-5H2,1-2H3. The van der Waals surface area contributed by atoms with Crippen LogP contribution >= 0.6 is 0 Å². The Kier molecular flexibility index (Phi) is 4.94. The number of carbonyl (C=O) groups excluding carboxylic acids is 1. The van der Waals surface area contributed by atoms with Crippen molar-refractivity contribution in [1.82, 2.24) is 4.90 Å². The smallest absolute Gasteiger partial charge is 0.377 e. The number of hydrogen-bond acceptors (Lipinski definition) is 3. The lowest BCUT2D eigenvalue weighted by Crippen LogP contribution is -2.35. The molecule has 0 amide bonds. The van der Waals surface area contributed by atoms with E-state index in [1.165, 1.54) is 14.2 Å². The van der Waals surface area contributed by atoms with E-state index in [1.807, 2.05) is 0 Å². The van der Waals surface area contributed by atoms with Crippen molar-refractivity contribution < 1.29 is 22.7 Å². The number of Topliss-reactive ketones (excluding diaryl/α,β-unsaturated/α-hetero) is 1. The Morgan fingerprint density at radius 3 is 2.38 bits per heavy atom. The molecule has 0 saturated carbocycles. The summed E-state index contributed by atoms with van der Waals surface area (Å²) >= 11 is 0. The lowest BCUT2D eigenvalue weighted by atomic mass is 10.4. The fourth-order valence-electron chi connectivity index (χ4n) is 0.870. The number of ether oxygens (including phenoxy) is 1. The van der Waals surface area contributed by atoms with Gasteiger partial charge in [0.25, 0.3) is 0 Å². The van der Waals surface area contributed by atoms with Crippen molar-refractivity contribution in [3.63, 3.8) is 0 Å². The zero-order valence-corrected chi connectivity index (χ0v) is 7.52. The molecule has 0 aliphatic carbocycles. The summed E-state index contributed by atoms with van der Waals surface area (Å²) in [7, 11) is 2.56. The van der Waals surface area contributed by atoms with Crippen LogP contribution in [-0.2, 0) is 9.53 Å². The number of carbonyl (C=O) groups is 1. The molecular formula is C7H12F3NO2. The molecule has 0 radical (unpaired) electrons. The quantitative estimate of drug-likeness (QED) is 0.652. The summed E-state index contributed by atoms with van der Waals surface area (Å²) in [6, 6.07) is 0. The average molecular weight is 199 g/mol. The Morgan fingerprint density at radius 2 is 2.00 bits per heavy atom. The molecule has 3 nitrogen and oxygen atoms in total. The maximum absolute atomic E-state index is 11.8. The van der Waals surface area contributed by atoms with Crippen LogP contribution in [0.15, 0.2) is 0 Å². The summed E-state index contributed by atoms with van der Waals surface area (Å²) in [4.78, 5) is 11.7. The predicted molar refractivity (Wildman–Crippen MR) is 40.4 cm³/mol. The first-order valence-corrected chi connectivity index (χ1v) is 3.61. The Morgan fingerprint density at radius 1 is 1.46 bits per heavy atom. The molecule has 0 fully saturated rings. The molecule has 0 atom stereocenters. The van der Waals surface area contributed by atoms with Gasteiger partial charge < -0.3 is 4.74 Å². The molecule has 0 N–H and O–H groups in total. The molecule has 0 aliphatic heterocycles. The van der Waals surface area contributed by atoms with Gasteiger partial charge in [0.15, 0.2) is 5.78 Å². The zero-order valence-electron chi connectivity index (χ0n) is 7.52. The van der Waals surface area contributed by atoms with Crippen molar-refractivity contribution in [2.45, 2.75) is 6.18 Å². The third-order valence-electron chi connectivity index (χ3n) is 1.20. The summed E-state index contributed by atoms with van der Waals surface area (Å²) in [6.45, 7) is -1.47. The van der Waals surface area contributed by atoms with Crippen LogP contribution in [-0.4, -0.2) is 50.7 Å². The van der Waals surface area contributed by atoms with Gasteiger partial charge in [-0.3, -0.25) is 9.69 Å². The molecule has 6 heteroatoms. The summed E-state index contributed by atoms with van der Waals surface area (Å²) in [5, 5.41) is 0. The maximum Gasteiger partial charge on any atom is 0.401 e. The predicted octanol–water partition coefficient (Wildman–Crippen LogP) is 0.696. The average Bonchev–Trinajstić information content (AvgIpc) is 1.81. The number of rotatable bonds is 5. The molecule has 0 spiro atoms. The normalized spacial score (nSPS) is 12.2. The van der Waals surface area contributed by atoms with Crippen molar-refractivity contribution in [2.75, 3.05) is 33.9 Å². The second-order valence-corrected chi connectivity index (χ2v) is 2.76. The van der Waals surface area contributed by atoms with Crippen LogP contribution in [0.2, 0.25) is 0 Å². The van der Waals surface area contributed by atoms with Crippen LogP contribution in [0.3, 0.4) is 0 Å². The van der Waals surface area contributed by atoms with Gasteiger partial charge in [-0.25, -0.2) is 0 Å². The lowest BCUT2D eigenvalue weighted by molar-refractivity contribution is -0.146. The SMILES string of the molecule is COCC(=O)CN(C)CC(F)(F)F. The van der Waals surface area contributed by atoms with E-state index < -0.39 is 12.7 Å². The van der Waals surface area contributed by atoms with Crippen molar-refractivity contribution in [2.24, 2.45) is 0 Å². The van der Waals surface area contributed by atoms with Gasteiger partial charge in [-0.1, -0.05) is 0 Å². The largest absolute Gasteiger partial charge is 0.401 e. The molecule has 0 saturated heterocycles. The van der Waals surface area contributed by atoms with E-state index in [2.05, 4.69) is 4.74 Å². The number of ketones is 1. The first-order chi connectivity index (χ1) is 5.85. The minimum absolute atomic E-state index is 0.151. The summed E-state index contributed by atoms with van der Waals surface area (Å²) in [5.41, 5.74) is 0. The van der Waals surface area contributed by atoms with Crippen LogP contribution < -0.4 is 0 Å². The number of methoxy groups -OCH3 is 1. The molecule has 0 aromatic heterocycles. The third-order valence-corrected chi connectivity index (χ3v) is 1.20. The van der Waals surface area contributed by atoms with Gasteiger partial charge in [0.2, 0.25) is 0 Å². The van der Waals surface area contributed by atoms with Crippen molar-refractivity contribution in [1.29, 1.82) is 0 Å². The summed E-state index contributed by atoms with van der Waals surface area (Å²) < 4.78 is 39.8. The van der Waals surface area contributed by atoms with Crippen LogP contribution in [0, 0.1) is 0 Å². The second-order valence-electron chi connectivity index (χ2n) is 2.76. The van der Waals surface area contributed by atoms with E-state index in [1.54, 1.807) is 0 Å². The van der Waals surface area contributed by atoms with Crippen LogP contribution in [0.25, 0.3) is 0 Å². The molecule has 78 valence electrons.